The number of ether oxygens (including phenoxy) is 1. The minimum absolute atomic E-state index is 0.0457. The van der Waals surface area contributed by atoms with E-state index in [4.69, 9.17) is 4.74 Å². The molecule has 1 aromatic heterocycles. The highest BCUT2D eigenvalue weighted by molar-refractivity contribution is 5.75. The van der Waals surface area contributed by atoms with Crippen LogP contribution in [0.25, 0.3) is 0 Å². The van der Waals surface area contributed by atoms with Gasteiger partial charge >= 0.3 is 0 Å². The number of aromatic nitrogens is 2. The van der Waals surface area contributed by atoms with E-state index < -0.39 is 0 Å². The first-order valence-electron chi connectivity index (χ1n) is 8.00. The predicted molar refractivity (Wildman–Crippen MR) is 82.3 cm³/mol. The molecular formula is C16H27N3O2. The van der Waals surface area contributed by atoms with Gasteiger partial charge in [0.1, 0.15) is 5.82 Å². The number of imidazole rings is 1. The monoisotopic (exact) mass is 293 g/mol. The summed E-state index contributed by atoms with van der Waals surface area (Å²) in [6, 6.07) is 0.598. The first-order valence-corrected chi connectivity index (χ1v) is 8.00. The molecule has 1 N–H and O–H groups in total. The predicted octanol–water partition coefficient (Wildman–Crippen LogP) is 2.39. The topological polar surface area (TPSA) is 56.1 Å². The molecule has 1 saturated carbocycles. The molecule has 1 heterocycles. The molecule has 5 nitrogen and oxygen atoms in total. The third-order valence-corrected chi connectivity index (χ3v) is 4.20. The number of carbonyl (C=O) groups excluding carboxylic acids is 1. The van der Waals surface area contributed by atoms with Gasteiger partial charge in [0.2, 0.25) is 5.91 Å². The van der Waals surface area contributed by atoms with Gasteiger partial charge in [0.05, 0.1) is 6.61 Å². The smallest absolute Gasteiger partial charge is 0.222 e. The lowest BCUT2D eigenvalue weighted by atomic mass is 9.95. The fourth-order valence-corrected chi connectivity index (χ4v) is 3.12. The van der Waals surface area contributed by atoms with Crippen molar-refractivity contribution in [3.05, 3.63) is 17.7 Å². The number of amides is 1. The highest BCUT2D eigenvalue weighted by Crippen LogP contribution is 2.30. The highest BCUT2D eigenvalue weighted by Gasteiger charge is 2.19. The second-order valence-electron chi connectivity index (χ2n) is 5.82. The van der Waals surface area contributed by atoms with Crippen LogP contribution in [0.15, 0.2) is 6.20 Å². The summed E-state index contributed by atoms with van der Waals surface area (Å²) in [6.07, 6.45) is 9.67. The van der Waals surface area contributed by atoms with Crippen molar-refractivity contribution in [1.82, 2.24) is 14.9 Å². The van der Waals surface area contributed by atoms with Crippen molar-refractivity contribution in [3.63, 3.8) is 0 Å². The second-order valence-corrected chi connectivity index (χ2v) is 5.82. The van der Waals surface area contributed by atoms with Crippen molar-refractivity contribution >= 4 is 5.91 Å². The van der Waals surface area contributed by atoms with Crippen LogP contribution < -0.4 is 5.32 Å². The highest BCUT2D eigenvalue weighted by atomic mass is 16.5. The maximum Gasteiger partial charge on any atom is 0.222 e. The molecule has 1 fully saturated rings. The molecule has 0 aliphatic heterocycles. The van der Waals surface area contributed by atoms with E-state index in [0.29, 0.717) is 25.6 Å². The molecule has 0 aromatic carbocycles. The van der Waals surface area contributed by atoms with Crippen LogP contribution in [0.4, 0.5) is 0 Å². The molecule has 1 aliphatic carbocycles. The first kappa shape index (κ1) is 16.0. The molecule has 0 bridgehead atoms. The van der Waals surface area contributed by atoms with Crippen LogP contribution >= 0.6 is 0 Å². The fourth-order valence-electron chi connectivity index (χ4n) is 3.12. The van der Waals surface area contributed by atoms with E-state index in [-0.39, 0.29) is 5.91 Å². The summed E-state index contributed by atoms with van der Waals surface area (Å²) in [7, 11) is 1.61. The van der Waals surface area contributed by atoms with E-state index in [9.17, 15) is 4.79 Å². The fraction of sp³-hybridized carbons (Fsp3) is 0.750. The van der Waals surface area contributed by atoms with Gasteiger partial charge in [-0.3, -0.25) is 4.79 Å². The Bertz CT molecular complexity index is 450. The largest absolute Gasteiger partial charge is 0.384 e. The normalized spacial score (nSPS) is 16.1. The molecule has 0 unspecified atom stereocenters. The molecule has 1 aliphatic rings. The van der Waals surface area contributed by atoms with Crippen molar-refractivity contribution < 1.29 is 9.53 Å². The molecule has 21 heavy (non-hydrogen) atoms. The third kappa shape index (κ3) is 4.56. The Morgan fingerprint density at radius 1 is 1.43 bits per heavy atom. The van der Waals surface area contributed by atoms with E-state index in [2.05, 4.69) is 21.8 Å². The summed E-state index contributed by atoms with van der Waals surface area (Å²) >= 11 is 0. The molecule has 1 amide bonds. The van der Waals surface area contributed by atoms with E-state index >= 15 is 0 Å². The lowest BCUT2D eigenvalue weighted by Gasteiger charge is -2.26. The number of carbonyl (C=O) groups is 1. The van der Waals surface area contributed by atoms with Crippen LogP contribution in [-0.4, -0.2) is 35.7 Å². The van der Waals surface area contributed by atoms with E-state index in [1.807, 2.05) is 6.20 Å². The Hall–Kier alpha value is -1.36. The Kier molecular flexibility index (Phi) is 6.23. The quantitative estimate of drug-likeness (QED) is 0.840. The zero-order chi connectivity index (χ0) is 15.1. The van der Waals surface area contributed by atoms with Crippen molar-refractivity contribution in [2.75, 3.05) is 20.3 Å². The van der Waals surface area contributed by atoms with Crippen LogP contribution in [-0.2, 0) is 16.0 Å². The van der Waals surface area contributed by atoms with Gasteiger partial charge in [-0.25, -0.2) is 4.98 Å². The zero-order valence-corrected chi connectivity index (χ0v) is 13.2. The molecule has 0 saturated heterocycles. The number of aryl methyl sites for hydroxylation is 1. The summed E-state index contributed by atoms with van der Waals surface area (Å²) < 4.78 is 7.29. The van der Waals surface area contributed by atoms with Crippen LogP contribution in [0.2, 0.25) is 0 Å². The van der Waals surface area contributed by atoms with Crippen LogP contribution in [0, 0.1) is 6.92 Å². The Balaban J connectivity index is 1.87. The maximum absolute atomic E-state index is 11.6. The lowest BCUT2D eigenvalue weighted by Crippen LogP contribution is -2.27. The third-order valence-electron chi connectivity index (χ3n) is 4.20. The Morgan fingerprint density at radius 2 is 2.19 bits per heavy atom. The standard InChI is InChI=1S/C16H27N3O2/c1-13-12-18-15(8-10-17-16(20)9-11-21-2)19(13)14-6-4-3-5-7-14/h12,14H,3-11H2,1-2H3,(H,17,20). The molecule has 2 rings (SSSR count). The summed E-state index contributed by atoms with van der Waals surface area (Å²) in [5.41, 5.74) is 1.24. The first-order chi connectivity index (χ1) is 10.2. The number of nitrogens with one attached hydrogen (secondary N) is 1. The van der Waals surface area contributed by atoms with Crippen molar-refractivity contribution in [2.45, 2.75) is 57.9 Å². The van der Waals surface area contributed by atoms with Crippen LogP contribution in [0.3, 0.4) is 0 Å². The zero-order valence-electron chi connectivity index (χ0n) is 13.2. The number of nitrogens with zero attached hydrogens (tertiary/aromatic N) is 2. The lowest BCUT2D eigenvalue weighted by molar-refractivity contribution is -0.121. The number of hydrogen-bond donors (Lipinski definition) is 1. The minimum atomic E-state index is 0.0457. The van der Waals surface area contributed by atoms with Crippen molar-refractivity contribution in [2.24, 2.45) is 0 Å². The summed E-state index contributed by atoms with van der Waals surface area (Å²) in [6.45, 7) is 3.25. The van der Waals surface area contributed by atoms with Gasteiger partial charge in [0.15, 0.2) is 0 Å². The van der Waals surface area contributed by atoms with Crippen LogP contribution in [0.1, 0.15) is 56.1 Å². The van der Waals surface area contributed by atoms with Gasteiger partial charge in [-0.05, 0) is 19.8 Å². The van der Waals surface area contributed by atoms with Gasteiger partial charge < -0.3 is 14.6 Å². The summed E-state index contributed by atoms with van der Waals surface area (Å²) in [5, 5.41) is 2.93. The maximum atomic E-state index is 11.6. The average molecular weight is 293 g/mol. The molecular weight excluding hydrogens is 266 g/mol. The van der Waals surface area contributed by atoms with Gasteiger partial charge in [-0.15, -0.1) is 0 Å². The van der Waals surface area contributed by atoms with Gasteiger partial charge in [0, 0.05) is 44.4 Å². The number of methoxy groups -OCH3 is 1. The van der Waals surface area contributed by atoms with E-state index in [1.165, 1.54) is 37.8 Å². The van der Waals surface area contributed by atoms with E-state index in [1.54, 1.807) is 7.11 Å². The van der Waals surface area contributed by atoms with Gasteiger partial charge in [0.25, 0.3) is 0 Å². The Morgan fingerprint density at radius 3 is 2.90 bits per heavy atom. The summed E-state index contributed by atoms with van der Waals surface area (Å²) in [4.78, 5) is 16.1. The number of hydrogen-bond acceptors (Lipinski definition) is 3. The second kappa shape index (κ2) is 8.17. The van der Waals surface area contributed by atoms with Crippen molar-refractivity contribution in [3.8, 4) is 0 Å². The van der Waals surface area contributed by atoms with Crippen LogP contribution in [0.5, 0.6) is 0 Å². The SMILES string of the molecule is COCCC(=O)NCCc1ncc(C)n1C1CCCCC1. The number of rotatable bonds is 7. The summed E-state index contributed by atoms with van der Waals surface area (Å²) in [5.74, 6) is 1.15. The molecule has 118 valence electrons. The minimum Gasteiger partial charge on any atom is -0.384 e. The molecule has 5 heteroatoms. The van der Waals surface area contributed by atoms with Crippen molar-refractivity contribution in [1.29, 1.82) is 0 Å². The molecule has 1 aromatic rings. The molecule has 0 spiro atoms. The molecule has 0 radical (unpaired) electrons. The van der Waals surface area contributed by atoms with Gasteiger partial charge in [-0.2, -0.15) is 0 Å². The van der Waals surface area contributed by atoms with Gasteiger partial charge in [-0.1, -0.05) is 19.3 Å². The van der Waals surface area contributed by atoms with E-state index in [0.717, 1.165) is 12.2 Å². The average Bonchev–Trinajstić information content (AvgIpc) is 2.87. The Labute approximate surface area is 127 Å². The molecule has 0 atom stereocenters.